The Bertz CT molecular complexity index is 217. The van der Waals surface area contributed by atoms with Crippen LogP contribution in [-0.4, -0.2) is 42.8 Å². The molecule has 4 heteroatoms. The van der Waals surface area contributed by atoms with Crippen LogP contribution in [0.4, 0.5) is 0 Å². The maximum Gasteiger partial charge on any atom is 0.0594 e. The highest BCUT2D eigenvalue weighted by molar-refractivity contribution is 4.99. The molecule has 0 bridgehead atoms. The van der Waals surface area contributed by atoms with Crippen molar-refractivity contribution >= 4 is 0 Å². The number of nitrogens with one attached hydrogen (secondary N) is 1. The van der Waals surface area contributed by atoms with Gasteiger partial charge in [0, 0.05) is 24.7 Å². The van der Waals surface area contributed by atoms with Gasteiger partial charge in [-0.15, -0.1) is 0 Å². The molecule has 1 atom stereocenters. The van der Waals surface area contributed by atoms with E-state index >= 15 is 0 Å². The molecule has 0 aromatic carbocycles. The average molecular weight is 229 g/mol. The first-order valence-corrected chi connectivity index (χ1v) is 6.09. The van der Waals surface area contributed by atoms with Gasteiger partial charge in [-0.05, 0) is 19.3 Å². The fraction of sp³-hybridized carbons (Fsp3) is 1.00. The number of hydrogen-bond acceptors (Lipinski definition) is 4. The Morgan fingerprint density at radius 1 is 1.12 bits per heavy atom. The topological polar surface area (TPSA) is 50.5 Å². The Hall–Kier alpha value is -0.160. The molecule has 1 saturated heterocycles. The molecule has 0 radical (unpaired) electrons. The normalized spacial score (nSPS) is 22.1. The molecule has 16 heavy (non-hydrogen) atoms. The lowest BCUT2D eigenvalue weighted by Crippen LogP contribution is -2.65. The largest absolute Gasteiger partial charge is 0.379 e. The fourth-order valence-electron chi connectivity index (χ4n) is 2.84. The zero-order valence-electron chi connectivity index (χ0n) is 11.3. The summed E-state index contributed by atoms with van der Waals surface area (Å²) < 4.78 is 5.40. The lowest BCUT2D eigenvalue weighted by atomic mass is 9.75. The highest BCUT2D eigenvalue weighted by Gasteiger charge is 2.41. The van der Waals surface area contributed by atoms with E-state index in [-0.39, 0.29) is 17.0 Å². The van der Waals surface area contributed by atoms with Crippen LogP contribution in [0.3, 0.4) is 0 Å². The maximum atomic E-state index is 5.74. The van der Waals surface area contributed by atoms with Gasteiger partial charge in [0.1, 0.15) is 0 Å². The van der Waals surface area contributed by atoms with E-state index in [1.807, 2.05) is 0 Å². The molecule has 1 unspecified atom stereocenters. The molecule has 1 heterocycles. The average Bonchev–Trinajstić information content (AvgIpc) is 2.17. The first-order valence-electron chi connectivity index (χ1n) is 6.09. The molecule has 1 aliphatic rings. The van der Waals surface area contributed by atoms with Gasteiger partial charge in [-0.3, -0.25) is 16.2 Å². The van der Waals surface area contributed by atoms with Crippen LogP contribution in [0.15, 0.2) is 0 Å². The highest BCUT2D eigenvalue weighted by atomic mass is 16.5. The van der Waals surface area contributed by atoms with Gasteiger partial charge in [-0.2, -0.15) is 0 Å². The second-order valence-electron chi connectivity index (χ2n) is 6.22. The summed E-state index contributed by atoms with van der Waals surface area (Å²) in [5.41, 5.74) is 3.17. The Balaban J connectivity index is 2.80. The molecule has 3 N–H and O–H groups in total. The Morgan fingerprint density at radius 2 is 1.62 bits per heavy atom. The fourth-order valence-corrected chi connectivity index (χ4v) is 2.84. The molecule has 96 valence electrons. The van der Waals surface area contributed by atoms with Crippen LogP contribution in [0.25, 0.3) is 0 Å². The number of hydrazine groups is 1. The maximum absolute atomic E-state index is 5.74. The van der Waals surface area contributed by atoms with Crippen molar-refractivity contribution in [3.63, 3.8) is 0 Å². The third-order valence-electron chi connectivity index (χ3n) is 3.57. The molecule has 0 aromatic rings. The van der Waals surface area contributed by atoms with E-state index in [4.69, 9.17) is 10.6 Å². The smallest absolute Gasteiger partial charge is 0.0594 e. The quantitative estimate of drug-likeness (QED) is 0.559. The van der Waals surface area contributed by atoms with Gasteiger partial charge in [0.2, 0.25) is 0 Å². The lowest BCUT2D eigenvalue weighted by molar-refractivity contribution is -0.0396. The zero-order valence-corrected chi connectivity index (χ0v) is 11.3. The molecule has 0 spiro atoms. The van der Waals surface area contributed by atoms with Crippen molar-refractivity contribution in [2.75, 3.05) is 26.3 Å². The number of morpholine rings is 1. The highest BCUT2D eigenvalue weighted by Crippen LogP contribution is 2.31. The lowest BCUT2D eigenvalue weighted by Gasteiger charge is -2.50. The summed E-state index contributed by atoms with van der Waals surface area (Å²) in [6.45, 7) is 14.8. The minimum absolute atomic E-state index is 0.0385. The third kappa shape index (κ3) is 2.94. The third-order valence-corrected chi connectivity index (χ3v) is 3.57. The first kappa shape index (κ1) is 13.9. The summed E-state index contributed by atoms with van der Waals surface area (Å²) in [7, 11) is 0. The van der Waals surface area contributed by atoms with E-state index < -0.39 is 0 Å². The summed E-state index contributed by atoms with van der Waals surface area (Å²) >= 11 is 0. The predicted molar refractivity (Wildman–Crippen MR) is 67.0 cm³/mol. The number of nitrogens with zero attached hydrogens (tertiary/aromatic N) is 1. The van der Waals surface area contributed by atoms with E-state index in [1.54, 1.807) is 0 Å². The minimum Gasteiger partial charge on any atom is -0.379 e. The summed E-state index contributed by atoms with van der Waals surface area (Å²) in [5.74, 6) is 5.74. The van der Waals surface area contributed by atoms with Gasteiger partial charge in [-0.25, -0.2) is 0 Å². The molecule has 1 aliphatic heterocycles. The van der Waals surface area contributed by atoms with Crippen molar-refractivity contribution in [2.45, 2.75) is 46.2 Å². The Morgan fingerprint density at radius 3 is 2.00 bits per heavy atom. The van der Waals surface area contributed by atoms with Crippen LogP contribution in [0.2, 0.25) is 0 Å². The molecule has 0 saturated carbocycles. The van der Waals surface area contributed by atoms with Crippen molar-refractivity contribution in [3.05, 3.63) is 0 Å². The SMILES string of the molecule is CC(C)(C)C(NN)C(C)(C)N1CCOCC1. The van der Waals surface area contributed by atoms with Gasteiger partial charge in [-0.1, -0.05) is 20.8 Å². The van der Waals surface area contributed by atoms with Crippen LogP contribution in [0.5, 0.6) is 0 Å². The molecule has 0 aromatic heterocycles. The standard InChI is InChI=1S/C12H27N3O/c1-11(2,3)10(14-13)12(4,5)15-6-8-16-9-7-15/h10,14H,6-9,13H2,1-5H3. The van der Waals surface area contributed by atoms with E-state index in [0.29, 0.717) is 0 Å². The molecule has 1 rings (SSSR count). The van der Waals surface area contributed by atoms with Gasteiger partial charge in [0.15, 0.2) is 0 Å². The molecular formula is C12H27N3O. The van der Waals surface area contributed by atoms with Crippen molar-refractivity contribution in [1.29, 1.82) is 0 Å². The van der Waals surface area contributed by atoms with Gasteiger partial charge in [0.05, 0.1) is 13.2 Å². The number of ether oxygens (including phenoxy) is 1. The van der Waals surface area contributed by atoms with E-state index in [9.17, 15) is 0 Å². The second kappa shape index (κ2) is 5.00. The second-order valence-corrected chi connectivity index (χ2v) is 6.22. The van der Waals surface area contributed by atoms with Gasteiger partial charge < -0.3 is 4.74 Å². The number of rotatable bonds is 3. The molecule has 1 fully saturated rings. The minimum atomic E-state index is 0.0385. The van der Waals surface area contributed by atoms with Crippen LogP contribution in [-0.2, 0) is 4.74 Å². The summed E-state index contributed by atoms with van der Waals surface area (Å²) in [4.78, 5) is 2.46. The van der Waals surface area contributed by atoms with Crippen molar-refractivity contribution in [3.8, 4) is 0 Å². The van der Waals surface area contributed by atoms with E-state index in [1.165, 1.54) is 0 Å². The van der Waals surface area contributed by atoms with Crippen LogP contribution in [0, 0.1) is 5.41 Å². The summed E-state index contributed by atoms with van der Waals surface area (Å²) in [6.07, 6.45) is 0. The molecular weight excluding hydrogens is 202 g/mol. The van der Waals surface area contributed by atoms with Crippen molar-refractivity contribution < 1.29 is 4.74 Å². The molecule has 0 aliphatic carbocycles. The van der Waals surface area contributed by atoms with E-state index in [0.717, 1.165) is 26.3 Å². The molecule has 0 amide bonds. The van der Waals surface area contributed by atoms with Crippen molar-refractivity contribution in [2.24, 2.45) is 11.3 Å². The summed E-state index contributed by atoms with van der Waals surface area (Å²) in [5, 5.41) is 0. The Labute approximate surface area is 99.5 Å². The Kier molecular flexibility index (Phi) is 4.35. The molecule has 4 nitrogen and oxygen atoms in total. The van der Waals surface area contributed by atoms with Crippen LogP contribution < -0.4 is 11.3 Å². The monoisotopic (exact) mass is 229 g/mol. The van der Waals surface area contributed by atoms with Gasteiger partial charge >= 0.3 is 0 Å². The number of hydrogen-bond donors (Lipinski definition) is 2. The van der Waals surface area contributed by atoms with Crippen LogP contribution in [0.1, 0.15) is 34.6 Å². The zero-order chi connectivity index (χ0) is 12.4. The van der Waals surface area contributed by atoms with E-state index in [2.05, 4.69) is 44.9 Å². The number of nitrogens with two attached hydrogens (primary N) is 1. The predicted octanol–water partition coefficient (Wildman–Crippen LogP) is 0.975. The first-order chi connectivity index (χ1) is 7.30. The van der Waals surface area contributed by atoms with Crippen molar-refractivity contribution in [1.82, 2.24) is 10.3 Å². The summed E-state index contributed by atoms with van der Waals surface area (Å²) in [6, 6.07) is 0.248. The van der Waals surface area contributed by atoms with Gasteiger partial charge in [0.25, 0.3) is 0 Å². The van der Waals surface area contributed by atoms with Crippen LogP contribution >= 0.6 is 0 Å².